The summed E-state index contributed by atoms with van der Waals surface area (Å²) >= 11 is 12.6. The summed E-state index contributed by atoms with van der Waals surface area (Å²) in [5, 5.41) is 31.4. The molecule has 15 heteroatoms. The molecule has 0 unspecified atom stereocenters. The third-order valence-corrected chi connectivity index (χ3v) is 11.2. The molecular formula is C46H44Cl2F6O7. The number of hydrogen-bond acceptors (Lipinski definition) is 7. The van der Waals surface area contributed by atoms with Crippen molar-refractivity contribution in [3.63, 3.8) is 0 Å². The molecule has 0 radical (unpaired) electrons. The highest BCUT2D eigenvalue weighted by Crippen LogP contribution is 2.59. The average molecular weight is 894 g/mol. The third kappa shape index (κ3) is 9.19. The Kier molecular flexibility index (Phi) is 12.8. The van der Waals surface area contributed by atoms with Crippen molar-refractivity contribution in [3.8, 4) is 39.5 Å². The lowest BCUT2D eigenvalue weighted by Crippen LogP contribution is -2.41. The van der Waals surface area contributed by atoms with Crippen LogP contribution in [0.5, 0.6) is 17.2 Å². The first kappa shape index (κ1) is 46.0. The molecule has 0 aliphatic heterocycles. The van der Waals surface area contributed by atoms with Crippen LogP contribution in [0.1, 0.15) is 68.4 Å². The summed E-state index contributed by atoms with van der Waals surface area (Å²) in [4.78, 5) is 0. The minimum Gasteiger partial charge on any atom is -0.497 e. The molecule has 0 saturated carbocycles. The Morgan fingerprint density at radius 1 is 0.574 bits per heavy atom. The average Bonchev–Trinajstić information content (AvgIpc) is 3.61. The predicted molar refractivity (Wildman–Crippen MR) is 220 cm³/mol. The summed E-state index contributed by atoms with van der Waals surface area (Å²) < 4.78 is 106. The number of hydrogen-bond donors (Lipinski definition) is 3. The lowest BCUT2D eigenvalue weighted by molar-refractivity contribution is -0.247. The fraction of sp³-hybridized carbons (Fsp3) is 0.348. The van der Waals surface area contributed by atoms with Gasteiger partial charge in [0, 0.05) is 46.2 Å². The van der Waals surface area contributed by atoms with Crippen LogP contribution in [0.25, 0.3) is 22.3 Å². The summed E-state index contributed by atoms with van der Waals surface area (Å²) in [6.45, 7) is 7.69. The van der Waals surface area contributed by atoms with Crippen LogP contribution >= 0.6 is 23.2 Å². The van der Waals surface area contributed by atoms with Crippen molar-refractivity contribution < 1.29 is 60.6 Å². The Morgan fingerprint density at radius 3 is 1.41 bits per heavy atom. The van der Waals surface area contributed by atoms with E-state index in [2.05, 4.69) is 0 Å². The van der Waals surface area contributed by atoms with E-state index in [0.29, 0.717) is 13.0 Å². The zero-order chi connectivity index (χ0) is 44.8. The van der Waals surface area contributed by atoms with Gasteiger partial charge in [-0.1, -0.05) is 83.9 Å². The Balaban J connectivity index is 0.000000213. The van der Waals surface area contributed by atoms with Gasteiger partial charge in [0.05, 0.1) is 48.2 Å². The second-order valence-corrected chi connectivity index (χ2v) is 16.9. The van der Waals surface area contributed by atoms with Crippen LogP contribution in [-0.2, 0) is 22.5 Å². The predicted octanol–water partition coefficient (Wildman–Crippen LogP) is 11.5. The molecule has 7 rings (SSSR count). The lowest BCUT2D eigenvalue weighted by atomic mass is 9.90. The highest BCUT2D eigenvalue weighted by Gasteiger charge is 2.62. The van der Waals surface area contributed by atoms with E-state index in [-0.39, 0.29) is 85.7 Å². The highest BCUT2D eigenvalue weighted by atomic mass is 35.5. The molecule has 2 aliphatic carbocycles. The van der Waals surface area contributed by atoms with E-state index >= 15 is 0 Å². The minimum atomic E-state index is -4.94. The quantitative estimate of drug-likeness (QED) is 0.107. The number of methoxy groups -OCH3 is 1. The Bertz CT molecular complexity index is 2380. The normalized spacial score (nSPS) is 18.0. The summed E-state index contributed by atoms with van der Waals surface area (Å²) in [6, 6.07) is 24.5. The zero-order valence-corrected chi connectivity index (χ0v) is 35.3. The number of alkyl halides is 6. The van der Waals surface area contributed by atoms with Gasteiger partial charge in [-0.2, -0.15) is 26.3 Å². The number of halogens is 8. The molecule has 326 valence electrons. The number of ether oxygens (including phenoxy) is 4. The van der Waals surface area contributed by atoms with Gasteiger partial charge in [0.1, 0.15) is 17.2 Å². The maximum Gasteiger partial charge on any atom is 0.425 e. The second kappa shape index (κ2) is 17.0. The molecule has 0 bridgehead atoms. The van der Waals surface area contributed by atoms with Crippen LogP contribution in [0.4, 0.5) is 26.3 Å². The van der Waals surface area contributed by atoms with Crippen molar-refractivity contribution in [2.45, 2.75) is 81.9 Å². The standard InChI is InChI=1S/C27H26ClF3O4.C19H18ClF3O3/c1-25(2,35-16-17-8-10-18(33-3)11-9-17)12-13-34-19-14-22-24(23(28)15-19)20-6-4-5-7-21(20)26(22,32)27(29,30)31;1-17(2,24)7-8-26-11-9-14-16(15(20)10-11)12-5-3-4-6-13(12)18(14,25)19(21,22)23/h4-11,14-15,32H,12-13,16H2,1-3H3;3-6,9-10,24-25H,7-8H2,1-2H3/t26-;18-/m11/s1. The smallest absolute Gasteiger partial charge is 0.425 e. The van der Waals surface area contributed by atoms with E-state index in [0.717, 1.165) is 11.3 Å². The molecule has 61 heavy (non-hydrogen) atoms. The van der Waals surface area contributed by atoms with Crippen molar-refractivity contribution in [2.24, 2.45) is 0 Å². The molecule has 0 saturated heterocycles. The Morgan fingerprint density at radius 2 is 1.00 bits per heavy atom. The van der Waals surface area contributed by atoms with Crippen LogP contribution in [0.15, 0.2) is 97.1 Å². The van der Waals surface area contributed by atoms with Gasteiger partial charge in [0.25, 0.3) is 0 Å². The van der Waals surface area contributed by atoms with Gasteiger partial charge >= 0.3 is 12.4 Å². The summed E-state index contributed by atoms with van der Waals surface area (Å²) in [6.07, 6.45) is -9.11. The molecule has 0 fully saturated rings. The van der Waals surface area contributed by atoms with Crippen molar-refractivity contribution in [3.05, 3.63) is 135 Å². The molecule has 2 aliphatic rings. The number of fused-ring (bicyclic) bond motifs is 6. The van der Waals surface area contributed by atoms with E-state index in [1.807, 2.05) is 38.1 Å². The number of benzene rings is 5. The lowest BCUT2D eigenvalue weighted by Gasteiger charge is -2.29. The molecule has 5 aromatic carbocycles. The molecule has 0 aromatic heterocycles. The van der Waals surface area contributed by atoms with Crippen molar-refractivity contribution in [1.29, 1.82) is 0 Å². The first-order chi connectivity index (χ1) is 28.4. The highest BCUT2D eigenvalue weighted by molar-refractivity contribution is 6.34. The van der Waals surface area contributed by atoms with E-state index < -0.39 is 34.8 Å². The van der Waals surface area contributed by atoms with Gasteiger partial charge in [-0.05, 0) is 80.8 Å². The third-order valence-electron chi connectivity index (χ3n) is 10.6. The van der Waals surface area contributed by atoms with Crippen LogP contribution in [0.3, 0.4) is 0 Å². The van der Waals surface area contributed by atoms with Crippen molar-refractivity contribution >= 4 is 23.2 Å². The zero-order valence-electron chi connectivity index (χ0n) is 33.8. The first-order valence-corrected chi connectivity index (χ1v) is 19.9. The van der Waals surface area contributed by atoms with E-state index in [9.17, 15) is 41.7 Å². The SMILES string of the molecule is CC(C)(O)CCOc1cc(Cl)c2c(c1)[C@@](O)(C(F)(F)F)c1ccccc1-2.COc1ccc(COC(C)(C)CCOc2cc(Cl)c3c(c2)[C@@](O)(C(F)(F)F)c2ccccc2-3)cc1. The van der Waals surface area contributed by atoms with Crippen LogP contribution in [-0.4, -0.2) is 59.2 Å². The van der Waals surface area contributed by atoms with Crippen molar-refractivity contribution in [1.82, 2.24) is 0 Å². The maximum atomic E-state index is 14.1. The summed E-state index contributed by atoms with van der Waals surface area (Å²) in [5.74, 6) is 1.01. The molecule has 7 nitrogen and oxygen atoms in total. The molecule has 3 N–H and O–H groups in total. The number of rotatable bonds is 12. The maximum absolute atomic E-state index is 14.1. The molecule has 2 atom stereocenters. The van der Waals surface area contributed by atoms with Crippen LogP contribution < -0.4 is 14.2 Å². The van der Waals surface area contributed by atoms with Gasteiger partial charge in [-0.25, -0.2) is 0 Å². The largest absolute Gasteiger partial charge is 0.497 e. The summed E-state index contributed by atoms with van der Waals surface area (Å²) in [5.41, 5.74) is -7.21. The van der Waals surface area contributed by atoms with Gasteiger partial charge in [-0.15, -0.1) is 0 Å². The van der Waals surface area contributed by atoms with Gasteiger partial charge in [0.15, 0.2) is 0 Å². The van der Waals surface area contributed by atoms with E-state index in [1.165, 1.54) is 60.7 Å². The van der Waals surface area contributed by atoms with Gasteiger partial charge in [0.2, 0.25) is 11.2 Å². The van der Waals surface area contributed by atoms with Crippen molar-refractivity contribution in [2.75, 3.05) is 20.3 Å². The fourth-order valence-electron chi connectivity index (χ4n) is 7.29. The van der Waals surface area contributed by atoms with Gasteiger partial charge in [-0.3, -0.25) is 0 Å². The molecule has 0 spiro atoms. The molecule has 5 aromatic rings. The minimum absolute atomic E-state index is 0.0633. The van der Waals surface area contributed by atoms with Gasteiger partial charge < -0.3 is 34.3 Å². The number of aliphatic hydroxyl groups is 3. The fourth-order valence-corrected chi connectivity index (χ4v) is 7.91. The molecule has 0 heterocycles. The Labute approximate surface area is 359 Å². The first-order valence-electron chi connectivity index (χ1n) is 19.1. The van der Waals surface area contributed by atoms with E-state index in [1.54, 1.807) is 33.1 Å². The van der Waals surface area contributed by atoms with Crippen LogP contribution in [0.2, 0.25) is 10.0 Å². The molecular weight excluding hydrogens is 849 g/mol. The van der Waals surface area contributed by atoms with E-state index in [4.69, 9.17) is 42.1 Å². The monoisotopic (exact) mass is 892 g/mol. The Hall–Kier alpha value is -4.50. The topological polar surface area (TPSA) is 97.6 Å². The summed E-state index contributed by atoms with van der Waals surface area (Å²) in [7, 11) is 1.60. The molecule has 0 amide bonds. The second-order valence-electron chi connectivity index (χ2n) is 16.1. The van der Waals surface area contributed by atoms with Crippen LogP contribution in [0, 0.1) is 0 Å².